The summed E-state index contributed by atoms with van der Waals surface area (Å²) in [4.78, 5) is 16.6. The Kier molecular flexibility index (Phi) is 5.74. The third kappa shape index (κ3) is 4.27. The van der Waals surface area contributed by atoms with Gasteiger partial charge in [-0.15, -0.1) is 0 Å². The SMILES string of the molecule is CCN(CC)C(=O)[C@@H]1CCCN(Cc2cccc(F)c2)C1. The highest BCUT2D eigenvalue weighted by molar-refractivity contribution is 5.79. The van der Waals surface area contributed by atoms with E-state index in [0.29, 0.717) is 0 Å². The molecule has 21 heavy (non-hydrogen) atoms. The van der Waals surface area contributed by atoms with Crippen LogP contribution in [0.5, 0.6) is 0 Å². The summed E-state index contributed by atoms with van der Waals surface area (Å²) in [5.74, 6) is 0.163. The molecule has 0 radical (unpaired) electrons. The molecule has 1 aliphatic rings. The minimum absolute atomic E-state index is 0.0900. The average molecular weight is 292 g/mol. The summed E-state index contributed by atoms with van der Waals surface area (Å²) in [5.41, 5.74) is 0.978. The third-order valence-electron chi connectivity index (χ3n) is 4.23. The van der Waals surface area contributed by atoms with Crippen LogP contribution >= 0.6 is 0 Å². The van der Waals surface area contributed by atoms with Gasteiger partial charge < -0.3 is 4.90 Å². The summed E-state index contributed by atoms with van der Waals surface area (Å²) in [7, 11) is 0. The zero-order valence-electron chi connectivity index (χ0n) is 13.0. The Morgan fingerprint density at radius 2 is 2.14 bits per heavy atom. The molecule has 1 aromatic rings. The topological polar surface area (TPSA) is 23.6 Å². The van der Waals surface area contributed by atoms with Crippen LogP contribution in [0.4, 0.5) is 4.39 Å². The predicted octanol–water partition coefficient (Wildman–Crippen LogP) is 2.91. The molecule has 0 saturated carbocycles. The van der Waals surface area contributed by atoms with Crippen LogP contribution in [-0.2, 0) is 11.3 Å². The Morgan fingerprint density at radius 1 is 1.38 bits per heavy atom. The highest BCUT2D eigenvalue weighted by atomic mass is 19.1. The number of benzene rings is 1. The second-order valence-corrected chi connectivity index (χ2v) is 5.71. The fraction of sp³-hybridized carbons (Fsp3) is 0.588. The first-order valence-corrected chi connectivity index (χ1v) is 7.89. The van der Waals surface area contributed by atoms with Crippen LogP contribution in [0.2, 0.25) is 0 Å². The quantitative estimate of drug-likeness (QED) is 0.833. The number of carbonyl (C=O) groups excluding carboxylic acids is 1. The lowest BCUT2D eigenvalue weighted by Gasteiger charge is -2.34. The van der Waals surface area contributed by atoms with E-state index in [2.05, 4.69) is 4.90 Å². The van der Waals surface area contributed by atoms with Crippen LogP contribution in [0.25, 0.3) is 0 Å². The fourth-order valence-corrected chi connectivity index (χ4v) is 3.09. The van der Waals surface area contributed by atoms with Crippen LogP contribution in [0.15, 0.2) is 24.3 Å². The van der Waals surface area contributed by atoms with Crippen molar-refractivity contribution < 1.29 is 9.18 Å². The Morgan fingerprint density at radius 3 is 2.81 bits per heavy atom. The number of hydrogen-bond acceptors (Lipinski definition) is 2. The maximum atomic E-state index is 13.2. The predicted molar refractivity (Wildman–Crippen MR) is 82.3 cm³/mol. The molecule has 1 amide bonds. The maximum Gasteiger partial charge on any atom is 0.226 e. The zero-order valence-corrected chi connectivity index (χ0v) is 13.0. The van der Waals surface area contributed by atoms with Gasteiger partial charge in [0.2, 0.25) is 5.91 Å². The number of nitrogens with zero attached hydrogens (tertiary/aromatic N) is 2. The minimum Gasteiger partial charge on any atom is -0.343 e. The molecule has 0 bridgehead atoms. The first-order valence-electron chi connectivity index (χ1n) is 7.89. The van der Waals surface area contributed by atoms with Crippen molar-refractivity contribution in [2.75, 3.05) is 26.2 Å². The monoisotopic (exact) mass is 292 g/mol. The number of likely N-dealkylation sites (tertiary alicyclic amines) is 1. The van der Waals surface area contributed by atoms with E-state index in [1.54, 1.807) is 12.1 Å². The van der Waals surface area contributed by atoms with Gasteiger partial charge in [-0.1, -0.05) is 12.1 Å². The molecule has 0 spiro atoms. The summed E-state index contributed by atoms with van der Waals surface area (Å²) in [6.07, 6.45) is 2.00. The second-order valence-electron chi connectivity index (χ2n) is 5.71. The number of piperidine rings is 1. The van der Waals surface area contributed by atoms with Crippen molar-refractivity contribution in [3.05, 3.63) is 35.6 Å². The summed E-state index contributed by atoms with van der Waals surface area (Å²) < 4.78 is 13.2. The molecule has 1 fully saturated rings. The summed E-state index contributed by atoms with van der Waals surface area (Å²) in [6.45, 7) is 8.08. The molecule has 0 aromatic heterocycles. The van der Waals surface area contributed by atoms with Gasteiger partial charge >= 0.3 is 0 Å². The van der Waals surface area contributed by atoms with Gasteiger partial charge in [-0.25, -0.2) is 4.39 Å². The van der Waals surface area contributed by atoms with Crippen molar-refractivity contribution in [2.24, 2.45) is 5.92 Å². The first kappa shape index (κ1) is 16.0. The Hall–Kier alpha value is -1.42. The van der Waals surface area contributed by atoms with E-state index >= 15 is 0 Å². The van der Waals surface area contributed by atoms with Crippen LogP contribution in [-0.4, -0.2) is 41.9 Å². The molecular weight excluding hydrogens is 267 g/mol. The highest BCUT2D eigenvalue weighted by Gasteiger charge is 2.28. The molecule has 0 N–H and O–H groups in total. The molecule has 1 saturated heterocycles. The molecule has 2 rings (SSSR count). The smallest absolute Gasteiger partial charge is 0.226 e. The summed E-state index contributed by atoms with van der Waals surface area (Å²) >= 11 is 0. The van der Waals surface area contributed by atoms with E-state index in [0.717, 1.165) is 51.1 Å². The molecular formula is C17H25FN2O. The molecule has 4 heteroatoms. The third-order valence-corrected chi connectivity index (χ3v) is 4.23. The van der Waals surface area contributed by atoms with Crippen molar-refractivity contribution in [1.82, 2.24) is 9.80 Å². The maximum absolute atomic E-state index is 13.2. The van der Waals surface area contributed by atoms with Crippen molar-refractivity contribution >= 4 is 5.91 Å². The highest BCUT2D eigenvalue weighted by Crippen LogP contribution is 2.21. The minimum atomic E-state index is -0.194. The lowest BCUT2D eigenvalue weighted by Crippen LogP contribution is -2.44. The van der Waals surface area contributed by atoms with Crippen LogP contribution in [0.1, 0.15) is 32.3 Å². The van der Waals surface area contributed by atoms with Crippen LogP contribution < -0.4 is 0 Å². The number of carbonyl (C=O) groups is 1. The van der Waals surface area contributed by atoms with Gasteiger partial charge in [0, 0.05) is 26.2 Å². The van der Waals surface area contributed by atoms with Gasteiger partial charge in [0.05, 0.1) is 5.92 Å². The van der Waals surface area contributed by atoms with Crippen molar-refractivity contribution in [1.29, 1.82) is 0 Å². The molecule has 1 aliphatic heterocycles. The summed E-state index contributed by atoms with van der Waals surface area (Å²) in [5, 5.41) is 0. The number of amides is 1. The first-order chi connectivity index (χ1) is 10.1. The number of hydrogen-bond donors (Lipinski definition) is 0. The van der Waals surface area contributed by atoms with E-state index in [-0.39, 0.29) is 17.6 Å². The molecule has 0 aliphatic carbocycles. The van der Waals surface area contributed by atoms with E-state index in [4.69, 9.17) is 0 Å². The van der Waals surface area contributed by atoms with Crippen LogP contribution in [0, 0.1) is 11.7 Å². The second kappa shape index (κ2) is 7.55. The fourth-order valence-electron chi connectivity index (χ4n) is 3.09. The van der Waals surface area contributed by atoms with Crippen LogP contribution in [0.3, 0.4) is 0 Å². The zero-order chi connectivity index (χ0) is 15.2. The number of rotatable bonds is 5. The largest absolute Gasteiger partial charge is 0.343 e. The Labute approximate surface area is 126 Å². The lowest BCUT2D eigenvalue weighted by atomic mass is 9.96. The molecule has 1 atom stereocenters. The summed E-state index contributed by atoms with van der Waals surface area (Å²) in [6, 6.07) is 6.73. The van der Waals surface area contributed by atoms with E-state index in [1.807, 2.05) is 24.8 Å². The van der Waals surface area contributed by atoms with Gasteiger partial charge in [-0.2, -0.15) is 0 Å². The van der Waals surface area contributed by atoms with E-state index in [1.165, 1.54) is 6.07 Å². The van der Waals surface area contributed by atoms with Gasteiger partial charge in [0.25, 0.3) is 0 Å². The van der Waals surface area contributed by atoms with Gasteiger partial charge in [0.15, 0.2) is 0 Å². The Bertz CT molecular complexity index is 474. The normalized spacial score (nSPS) is 19.5. The lowest BCUT2D eigenvalue weighted by molar-refractivity contribution is -0.137. The van der Waals surface area contributed by atoms with Crippen molar-refractivity contribution in [3.63, 3.8) is 0 Å². The van der Waals surface area contributed by atoms with Crippen molar-refractivity contribution in [3.8, 4) is 0 Å². The Balaban J connectivity index is 1.96. The average Bonchev–Trinajstić information content (AvgIpc) is 2.48. The van der Waals surface area contributed by atoms with Gasteiger partial charge in [-0.05, 0) is 50.9 Å². The molecule has 1 heterocycles. The van der Waals surface area contributed by atoms with Crippen molar-refractivity contribution in [2.45, 2.75) is 33.2 Å². The van der Waals surface area contributed by atoms with E-state index < -0.39 is 0 Å². The number of halogens is 1. The molecule has 3 nitrogen and oxygen atoms in total. The molecule has 116 valence electrons. The molecule has 1 aromatic carbocycles. The van der Waals surface area contributed by atoms with Gasteiger partial charge in [0.1, 0.15) is 5.82 Å². The van der Waals surface area contributed by atoms with Gasteiger partial charge in [-0.3, -0.25) is 9.69 Å². The molecule has 0 unspecified atom stereocenters. The van der Waals surface area contributed by atoms with E-state index in [9.17, 15) is 9.18 Å². The standard InChI is InChI=1S/C17H25FN2O/c1-3-20(4-2)17(21)15-8-6-10-19(13-15)12-14-7-5-9-16(18)11-14/h5,7,9,11,15H,3-4,6,8,10,12-13H2,1-2H3/t15-/m1/s1.